The van der Waals surface area contributed by atoms with Crippen LogP contribution >= 0.6 is 0 Å². The van der Waals surface area contributed by atoms with Crippen molar-refractivity contribution in [1.82, 2.24) is 19.4 Å². The van der Waals surface area contributed by atoms with Crippen LogP contribution in [0.1, 0.15) is 49.4 Å². The smallest absolute Gasteiger partial charge is 0.222 e. The van der Waals surface area contributed by atoms with Crippen LogP contribution in [0.25, 0.3) is 0 Å². The molecular formula is C20H26N4O. The molecule has 132 valence electrons. The largest absolute Gasteiger partial charge is 0.342 e. The van der Waals surface area contributed by atoms with E-state index in [4.69, 9.17) is 0 Å². The molecule has 0 spiro atoms. The zero-order valence-electron chi connectivity index (χ0n) is 14.7. The molecule has 4 rings (SSSR count). The molecule has 5 nitrogen and oxygen atoms in total. The zero-order chi connectivity index (χ0) is 17.1. The van der Waals surface area contributed by atoms with Crippen LogP contribution in [0, 0.1) is 5.92 Å². The fourth-order valence-corrected chi connectivity index (χ4v) is 3.79. The molecule has 2 fully saturated rings. The fourth-order valence-electron chi connectivity index (χ4n) is 3.79. The molecule has 1 aliphatic carbocycles. The van der Waals surface area contributed by atoms with Crippen LogP contribution in [0.5, 0.6) is 0 Å². The van der Waals surface area contributed by atoms with E-state index >= 15 is 0 Å². The number of pyridine rings is 1. The lowest BCUT2D eigenvalue weighted by atomic mass is 9.96. The molecule has 1 aliphatic heterocycles. The van der Waals surface area contributed by atoms with Gasteiger partial charge in [-0.25, -0.2) is 4.98 Å². The zero-order valence-corrected chi connectivity index (χ0v) is 14.7. The second kappa shape index (κ2) is 7.38. The second-order valence-electron chi connectivity index (χ2n) is 7.42. The summed E-state index contributed by atoms with van der Waals surface area (Å²) < 4.78 is 2.33. The maximum Gasteiger partial charge on any atom is 0.222 e. The number of imidazole rings is 1. The van der Waals surface area contributed by atoms with Crippen molar-refractivity contribution >= 4 is 5.91 Å². The molecule has 5 heteroatoms. The molecule has 3 heterocycles. The summed E-state index contributed by atoms with van der Waals surface area (Å²) in [5, 5.41) is 0. The van der Waals surface area contributed by atoms with E-state index in [2.05, 4.69) is 20.7 Å². The first-order valence-corrected chi connectivity index (χ1v) is 9.47. The van der Waals surface area contributed by atoms with Crippen LogP contribution in [-0.2, 0) is 17.8 Å². The first kappa shape index (κ1) is 16.3. The second-order valence-corrected chi connectivity index (χ2v) is 7.42. The molecule has 1 amide bonds. The number of amides is 1. The van der Waals surface area contributed by atoms with Crippen molar-refractivity contribution in [2.24, 2.45) is 5.92 Å². The Morgan fingerprint density at radius 3 is 2.80 bits per heavy atom. The van der Waals surface area contributed by atoms with E-state index in [1.807, 2.05) is 23.2 Å². The lowest BCUT2D eigenvalue weighted by molar-refractivity contribution is -0.132. The van der Waals surface area contributed by atoms with Gasteiger partial charge in [-0.15, -0.1) is 0 Å². The average Bonchev–Trinajstić information content (AvgIpc) is 3.35. The molecule has 25 heavy (non-hydrogen) atoms. The Labute approximate surface area is 149 Å². The minimum absolute atomic E-state index is 0.266. The van der Waals surface area contributed by atoms with Crippen molar-refractivity contribution in [3.8, 4) is 0 Å². The normalized spacial score (nSPS) is 20.6. The van der Waals surface area contributed by atoms with Gasteiger partial charge in [-0.1, -0.05) is 0 Å². The summed E-state index contributed by atoms with van der Waals surface area (Å²) in [6, 6.07) is 3.97. The summed E-state index contributed by atoms with van der Waals surface area (Å²) in [4.78, 5) is 23.3. The van der Waals surface area contributed by atoms with Crippen molar-refractivity contribution in [2.75, 3.05) is 13.1 Å². The predicted molar refractivity (Wildman–Crippen MR) is 96.1 cm³/mol. The molecule has 0 radical (unpaired) electrons. The average molecular weight is 338 g/mol. The molecule has 0 N–H and O–H groups in total. The van der Waals surface area contributed by atoms with Crippen LogP contribution in [-0.4, -0.2) is 38.4 Å². The third-order valence-corrected chi connectivity index (χ3v) is 5.42. The Hall–Kier alpha value is -2.17. The van der Waals surface area contributed by atoms with Crippen LogP contribution < -0.4 is 0 Å². The number of carbonyl (C=O) groups is 1. The molecule has 1 saturated carbocycles. The van der Waals surface area contributed by atoms with E-state index in [1.54, 1.807) is 12.4 Å². The monoisotopic (exact) mass is 338 g/mol. The molecule has 0 unspecified atom stereocenters. The van der Waals surface area contributed by atoms with E-state index in [9.17, 15) is 4.79 Å². The molecule has 1 saturated heterocycles. The third kappa shape index (κ3) is 4.09. The lowest BCUT2D eigenvalue weighted by Gasteiger charge is -2.33. The lowest BCUT2D eigenvalue weighted by Crippen LogP contribution is -2.39. The Balaban J connectivity index is 1.35. The number of rotatable bonds is 6. The first-order valence-electron chi connectivity index (χ1n) is 9.47. The van der Waals surface area contributed by atoms with Crippen LogP contribution in [0.15, 0.2) is 36.9 Å². The Morgan fingerprint density at radius 1 is 1.16 bits per heavy atom. The van der Waals surface area contributed by atoms with Crippen LogP contribution in [0.3, 0.4) is 0 Å². The Kier molecular flexibility index (Phi) is 4.81. The molecule has 1 atom stereocenters. The van der Waals surface area contributed by atoms with Gasteiger partial charge >= 0.3 is 0 Å². The summed E-state index contributed by atoms with van der Waals surface area (Å²) in [5.74, 6) is 2.67. The van der Waals surface area contributed by atoms with E-state index in [0.717, 1.165) is 44.8 Å². The highest BCUT2D eigenvalue weighted by molar-refractivity contribution is 5.76. The van der Waals surface area contributed by atoms with E-state index in [-0.39, 0.29) is 5.91 Å². The van der Waals surface area contributed by atoms with Gasteiger partial charge < -0.3 is 9.47 Å². The first-order chi connectivity index (χ1) is 12.3. The molecular weight excluding hydrogens is 312 g/mol. The quantitative estimate of drug-likeness (QED) is 0.813. The Morgan fingerprint density at radius 2 is 2.00 bits per heavy atom. The van der Waals surface area contributed by atoms with Gasteiger partial charge in [0, 0.05) is 56.8 Å². The standard InChI is InChI=1S/C20H26N4O/c25-19(6-5-16-7-9-21-10-8-16)23-12-1-2-18(15-23)20-22-11-13-24(20)14-17-3-4-17/h7-11,13,17-18H,1-6,12,14-15H2/t18-/m0/s1. The van der Waals surface area contributed by atoms with Gasteiger partial charge in [0.25, 0.3) is 0 Å². The number of piperidine rings is 1. The van der Waals surface area contributed by atoms with Crippen molar-refractivity contribution in [2.45, 2.75) is 51.0 Å². The maximum absolute atomic E-state index is 12.6. The van der Waals surface area contributed by atoms with E-state index in [0.29, 0.717) is 12.3 Å². The number of hydrogen-bond donors (Lipinski definition) is 0. The summed E-state index contributed by atoms with van der Waals surface area (Å²) in [6.07, 6.45) is 13.9. The SMILES string of the molecule is O=C(CCc1ccncc1)N1CCC[C@H](c2nccn2CC2CC2)C1. The highest BCUT2D eigenvalue weighted by Crippen LogP contribution is 2.33. The number of aromatic nitrogens is 3. The maximum atomic E-state index is 12.6. The minimum atomic E-state index is 0.266. The van der Waals surface area contributed by atoms with Crippen molar-refractivity contribution in [1.29, 1.82) is 0 Å². The van der Waals surface area contributed by atoms with Gasteiger partial charge in [0.1, 0.15) is 5.82 Å². The highest BCUT2D eigenvalue weighted by Gasteiger charge is 2.29. The van der Waals surface area contributed by atoms with Gasteiger partial charge in [0.2, 0.25) is 5.91 Å². The highest BCUT2D eigenvalue weighted by atomic mass is 16.2. The Bertz CT molecular complexity index is 707. The topological polar surface area (TPSA) is 51.0 Å². The molecule has 0 aromatic carbocycles. The fraction of sp³-hybridized carbons (Fsp3) is 0.550. The molecule has 0 bridgehead atoms. The number of carbonyl (C=O) groups excluding carboxylic acids is 1. The minimum Gasteiger partial charge on any atom is -0.342 e. The van der Waals surface area contributed by atoms with Crippen molar-refractivity contribution < 1.29 is 4.79 Å². The van der Waals surface area contributed by atoms with Gasteiger partial charge in [-0.3, -0.25) is 9.78 Å². The predicted octanol–water partition coefficient (Wildman–Crippen LogP) is 3.03. The summed E-state index contributed by atoms with van der Waals surface area (Å²) in [6.45, 7) is 2.80. The van der Waals surface area contributed by atoms with Gasteiger partial charge in [-0.2, -0.15) is 0 Å². The van der Waals surface area contributed by atoms with Crippen LogP contribution in [0.2, 0.25) is 0 Å². The summed E-state index contributed by atoms with van der Waals surface area (Å²) >= 11 is 0. The van der Waals surface area contributed by atoms with Crippen LogP contribution in [0.4, 0.5) is 0 Å². The molecule has 2 aromatic rings. The van der Waals surface area contributed by atoms with Crippen molar-refractivity contribution in [3.05, 3.63) is 48.3 Å². The number of hydrogen-bond acceptors (Lipinski definition) is 3. The van der Waals surface area contributed by atoms with E-state index in [1.165, 1.54) is 24.2 Å². The molecule has 2 aromatic heterocycles. The molecule has 2 aliphatic rings. The van der Waals surface area contributed by atoms with Gasteiger partial charge in [0.15, 0.2) is 0 Å². The van der Waals surface area contributed by atoms with E-state index < -0.39 is 0 Å². The number of likely N-dealkylation sites (tertiary alicyclic amines) is 1. The van der Waals surface area contributed by atoms with Crippen molar-refractivity contribution in [3.63, 3.8) is 0 Å². The van der Waals surface area contributed by atoms with Gasteiger partial charge in [-0.05, 0) is 55.7 Å². The number of nitrogens with zero attached hydrogens (tertiary/aromatic N) is 4. The van der Waals surface area contributed by atoms with Gasteiger partial charge in [0.05, 0.1) is 0 Å². The number of aryl methyl sites for hydroxylation is 1. The third-order valence-electron chi connectivity index (χ3n) is 5.42. The summed E-state index contributed by atoms with van der Waals surface area (Å²) in [5.41, 5.74) is 1.18. The summed E-state index contributed by atoms with van der Waals surface area (Å²) in [7, 11) is 0.